The number of amides is 1. The molecule has 1 aromatic carbocycles. The number of hydrogen-bond donors (Lipinski definition) is 2. The average molecular weight is 295 g/mol. The van der Waals surface area contributed by atoms with E-state index >= 15 is 0 Å². The van der Waals surface area contributed by atoms with Crippen LogP contribution in [0, 0.1) is 17.7 Å². The molecule has 1 rings (SSSR count). The first-order chi connectivity index (χ1) is 9.69. The van der Waals surface area contributed by atoms with Gasteiger partial charge in [0.05, 0.1) is 5.56 Å². The lowest BCUT2D eigenvalue weighted by atomic mass is 10.1. The van der Waals surface area contributed by atoms with Gasteiger partial charge in [-0.15, -0.1) is 0 Å². The standard InChI is InChI=1S/C15H18FNO2S/c1-20-10-3-2-8-17-15(19)13-11-12(5-4-9-18)6-7-14(13)16/h6-7,11,18H,2-3,8-10H2,1H3,(H,17,19). The highest BCUT2D eigenvalue weighted by Crippen LogP contribution is 2.10. The quantitative estimate of drug-likeness (QED) is 0.624. The number of carbonyl (C=O) groups excluding carboxylic acids is 1. The third-order valence-corrected chi connectivity index (χ3v) is 3.28. The number of halogens is 1. The monoisotopic (exact) mass is 295 g/mol. The van der Waals surface area contributed by atoms with E-state index < -0.39 is 11.7 Å². The molecule has 2 N–H and O–H groups in total. The summed E-state index contributed by atoms with van der Waals surface area (Å²) in [6, 6.07) is 4.09. The summed E-state index contributed by atoms with van der Waals surface area (Å²) in [6.45, 7) is 0.264. The zero-order valence-electron chi connectivity index (χ0n) is 11.4. The van der Waals surface area contributed by atoms with E-state index in [2.05, 4.69) is 17.2 Å². The van der Waals surface area contributed by atoms with Gasteiger partial charge in [-0.05, 0) is 43.0 Å². The molecular weight excluding hydrogens is 277 g/mol. The molecular formula is C15H18FNO2S. The minimum atomic E-state index is -0.568. The molecule has 0 saturated carbocycles. The highest BCUT2D eigenvalue weighted by Gasteiger charge is 2.11. The van der Waals surface area contributed by atoms with Gasteiger partial charge in [-0.1, -0.05) is 11.8 Å². The summed E-state index contributed by atoms with van der Waals surface area (Å²) in [4.78, 5) is 11.9. The third-order valence-electron chi connectivity index (χ3n) is 2.58. The van der Waals surface area contributed by atoms with E-state index in [0.29, 0.717) is 12.1 Å². The van der Waals surface area contributed by atoms with Crippen LogP contribution < -0.4 is 5.32 Å². The van der Waals surface area contributed by atoms with Gasteiger partial charge < -0.3 is 10.4 Å². The van der Waals surface area contributed by atoms with Crippen molar-refractivity contribution < 1.29 is 14.3 Å². The Balaban J connectivity index is 2.62. The molecule has 0 unspecified atom stereocenters. The highest BCUT2D eigenvalue weighted by atomic mass is 32.2. The topological polar surface area (TPSA) is 49.3 Å². The minimum Gasteiger partial charge on any atom is -0.384 e. The first-order valence-electron chi connectivity index (χ1n) is 6.35. The maximum atomic E-state index is 13.6. The van der Waals surface area contributed by atoms with Crippen molar-refractivity contribution in [3.8, 4) is 11.8 Å². The number of benzene rings is 1. The molecule has 108 valence electrons. The lowest BCUT2D eigenvalue weighted by Gasteiger charge is -2.06. The number of thioether (sulfide) groups is 1. The Bertz CT molecular complexity index is 508. The van der Waals surface area contributed by atoms with Crippen LogP contribution in [0.3, 0.4) is 0 Å². The number of aliphatic hydroxyl groups excluding tert-OH is 1. The van der Waals surface area contributed by atoms with Crippen molar-refractivity contribution in [1.29, 1.82) is 0 Å². The molecule has 0 aliphatic rings. The van der Waals surface area contributed by atoms with Gasteiger partial charge in [-0.2, -0.15) is 11.8 Å². The molecule has 0 aromatic heterocycles. The van der Waals surface area contributed by atoms with Gasteiger partial charge in [0, 0.05) is 12.1 Å². The van der Waals surface area contributed by atoms with E-state index in [4.69, 9.17) is 5.11 Å². The number of hydrogen-bond acceptors (Lipinski definition) is 3. The predicted molar refractivity (Wildman–Crippen MR) is 80.3 cm³/mol. The Hall–Kier alpha value is -1.51. The lowest BCUT2D eigenvalue weighted by molar-refractivity contribution is 0.0949. The summed E-state index contributed by atoms with van der Waals surface area (Å²) in [6.07, 6.45) is 3.93. The minimum absolute atomic E-state index is 0.0143. The number of aliphatic hydroxyl groups is 1. The molecule has 0 bridgehead atoms. The van der Waals surface area contributed by atoms with E-state index in [-0.39, 0.29) is 12.2 Å². The summed E-state index contributed by atoms with van der Waals surface area (Å²) in [5.74, 6) is 5.17. The van der Waals surface area contributed by atoms with Crippen LogP contribution in [0.25, 0.3) is 0 Å². The van der Waals surface area contributed by atoms with E-state index in [0.717, 1.165) is 18.6 Å². The van der Waals surface area contributed by atoms with Crippen molar-refractivity contribution in [2.24, 2.45) is 0 Å². The van der Waals surface area contributed by atoms with Gasteiger partial charge >= 0.3 is 0 Å². The summed E-state index contributed by atoms with van der Waals surface area (Å²) in [7, 11) is 0. The van der Waals surface area contributed by atoms with Crippen LogP contribution in [-0.2, 0) is 0 Å². The largest absolute Gasteiger partial charge is 0.384 e. The van der Waals surface area contributed by atoms with Crippen LogP contribution >= 0.6 is 11.8 Å². The molecule has 0 atom stereocenters. The summed E-state index contributed by atoms with van der Waals surface area (Å²) in [5, 5.41) is 11.3. The van der Waals surface area contributed by atoms with Crippen molar-refractivity contribution >= 4 is 17.7 Å². The Morgan fingerprint density at radius 3 is 2.95 bits per heavy atom. The molecule has 0 aliphatic carbocycles. The Kier molecular flexibility index (Phi) is 7.78. The predicted octanol–water partition coefficient (Wildman–Crippen LogP) is 2.04. The van der Waals surface area contributed by atoms with Crippen LogP contribution in [0.15, 0.2) is 18.2 Å². The molecule has 1 amide bonds. The molecule has 5 heteroatoms. The SMILES string of the molecule is CSCCCCNC(=O)c1cc(C#CCO)ccc1F. The first kappa shape index (κ1) is 16.5. The van der Waals surface area contributed by atoms with Crippen molar-refractivity contribution in [1.82, 2.24) is 5.32 Å². The first-order valence-corrected chi connectivity index (χ1v) is 7.75. The number of unbranched alkanes of at least 4 members (excludes halogenated alkanes) is 1. The number of rotatable bonds is 6. The van der Waals surface area contributed by atoms with Crippen molar-refractivity contribution in [2.75, 3.05) is 25.2 Å². The molecule has 0 fully saturated rings. The van der Waals surface area contributed by atoms with Crippen LogP contribution in [0.1, 0.15) is 28.8 Å². The second-order valence-electron chi connectivity index (χ2n) is 4.11. The van der Waals surface area contributed by atoms with E-state index in [1.165, 1.54) is 18.2 Å². The van der Waals surface area contributed by atoms with Crippen LogP contribution in [0.2, 0.25) is 0 Å². The van der Waals surface area contributed by atoms with Crippen molar-refractivity contribution in [2.45, 2.75) is 12.8 Å². The summed E-state index contributed by atoms with van der Waals surface area (Å²) >= 11 is 1.76. The molecule has 0 radical (unpaired) electrons. The van der Waals surface area contributed by atoms with Gasteiger partial charge in [-0.25, -0.2) is 4.39 Å². The fourth-order valence-corrected chi connectivity index (χ4v) is 2.08. The van der Waals surface area contributed by atoms with Gasteiger partial charge in [0.1, 0.15) is 12.4 Å². The van der Waals surface area contributed by atoms with Crippen LogP contribution in [-0.4, -0.2) is 36.2 Å². The molecule has 0 spiro atoms. The van der Waals surface area contributed by atoms with E-state index in [1.807, 2.05) is 6.26 Å². The maximum Gasteiger partial charge on any atom is 0.254 e. The normalized spacial score (nSPS) is 9.75. The third kappa shape index (κ3) is 5.64. The number of carbonyl (C=O) groups is 1. The van der Waals surface area contributed by atoms with Crippen LogP contribution in [0.4, 0.5) is 4.39 Å². The van der Waals surface area contributed by atoms with Gasteiger partial charge in [0.2, 0.25) is 0 Å². The Morgan fingerprint density at radius 1 is 1.45 bits per heavy atom. The molecule has 1 aromatic rings. The maximum absolute atomic E-state index is 13.6. The second-order valence-corrected chi connectivity index (χ2v) is 5.10. The fraction of sp³-hybridized carbons (Fsp3) is 0.400. The van der Waals surface area contributed by atoms with E-state index in [9.17, 15) is 9.18 Å². The van der Waals surface area contributed by atoms with Crippen molar-refractivity contribution in [3.63, 3.8) is 0 Å². The summed E-state index contributed by atoms with van der Waals surface area (Å²) in [5.41, 5.74) is 0.493. The second kappa shape index (κ2) is 9.40. The smallest absolute Gasteiger partial charge is 0.254 e. The van der Waals surface area contributed by atoms with Gasteiger partial charge in [0.25, 0.3) is 5.91 Å². The highest BCUT2D eigenvalue weighted by molar-refractivity contribution is 7.98. The average Bonchev–Trinajstić information content (AvgIpc) is 2.46. The zero-order valence-corrected chi connectivity index (χ0v) is 12.2. The van der Waals surface area contributed by atoms with Crippen LogP contribution in [0.5, 0.6) is 0 Å². The van der Waals surface area contributed by atoms with E-state index in [1.54, 1.807) is 11.8 Å². The lowest BCUT2D eigenvalue weighted by Crippen LogP contribution is -2.25. The molecule has 0 saturated heterocycles. The van der Waals surface area contributed by atoms with Gasteiger partial charge in [-0.3, -0.25) is 4.79 Å². The fourth-order valence-electron chi connectivity index (χ4n) is 1.59. The summed E-state index contributed by atoms with van der Waals surface area (Å²) < 4.78 is 13.6. The molecule has 0 heterocycles. The Labute approximate surface area is 123 Å². The zero-order chi connectivity index (χ0) is 14.8. The molecule has 0 aliphatic heterocycles. The van der Waals surface area contributed by atoms with Gasteiger partial charge in [0.15, 0.2) is 0 Å². The molecule has 3 nitrogen and oxygen atoms in total. The molecule has 20 heavy (non-hydrogen) atoms. The number of nitrogens with one attached hydrogen (secondary N) is 1. The van der Waals surface area contributed by atoms with Crippen molar-refractivity contribution in [3.05, 3.63) is 35.1 Å². The Morgan fingerprint density at radius 2 is 2.25 bits per heavy atom.